The number of unbranched alkanes of at least 4 members (excludes halogenated alkanes) is 1. The predicted octanol–water partition coefficient (Wildman–Crippen LogP) is 4.75. The molecule has 0 aromatic heterocycles. The van der Waals surface area contributed by atoms with Crippen molar-refractivity contribution in [3.05, 3.63) is 22.7 Å². The number of fused-ring (bicyclic) bond motifs is 1. The summed E-state index contributed by atoms with van der Waals surface area (Å²) in [5, 5.41) is 11.0. The van der Waals surface area contributed by atoms with E-state index in [1.165, 1.54) is 19.3 Å². The van der Waals surface area contributed by atoms with E-state index < -0.39 is 6.10 Å². The van der Waals surface area contributed by atoms with E-state index in [4.69, 9.17) is 21.1 Å². The summed E-state index contributed by atoms with van der Waals surface area (Å²) < 4.78 is 11.1. The fourth-order valence-electron chi connectivity index (χ4n) is 2.76. The van der Waals surface area contributed by atoms with E-state index in [9.17, 15) is 5.11 Å². The smallest absolute Gasteiger partial charge is 0.179 e. The van der Waals surface area contributed by atoms with Crippen LogP contribution in [0.15, 0.2) is 12.1 Å². The molecule has 0 saturated carbocycles. The van der Waals surface area contributed by atoms with Crippen molar-refractivity contribution in [3.8, 4) is 11.5 Å². The SMILES string of the molecule is CCCCC(CC)CC(O)c1cc(Cl)c2c(c1)OCCO2. The van der Waals surface area contributed by atoms with Gasteiger partial charge in [-0.05, 0) is 30.0 Å². The number of aliphatic hydroxyl groups is 1. The van der Waals surface area contributed by atoms with E-state index in [0.29, 0.717) is 35.7 Å². The molecule has 4 heteroatoms. The summed E-state index contributed by atoms with van der Waals surface area (Å²) in [6.07, 6.45) is 4.94. The largest absolute Gasteiger partial charge is 0.486 e. The van der Waals surface area contributed by atoms with Gasteiger partial charge in [0.25, 0.3) is 0 Å². The minimum Gasteiger partial charge on any atom is -0.486 e. The third-order valence-corrected chi connectivity index (χ3v) is 4.38. The van der Waals surface area contributed by atoms with E-state index in [2.05, 4.69) is 13.8 Å². The number of ether oxygens (including phenoxy) is 2. The van der Waals surface area contributed by atoms with Gasteiger partial charge in [0, 0.05) is 0 Å². The third kappa shape index (κ3) is 4.27. The molecule has 2 atom stereocenters. The molecule has 0 spiro atoms. The third-order valence-electron chi connectivity index (χ3n) is 4.10. The molecule has 0 amide bonds. The van der Waals surface area contributed by atoms with Crippen molar-refractivity contribution < 1.29 is 14.6 Å². The number of aliphatic hydroxyl groups excluding tert-OH is 1. The maximum Gasteiger partial charge on any atom is 0.179 e. The average molecular weight is 313 g/mol. The predicted molar refractivity (Wildman–Crippen MR) is 85.3 cm³/mol. The lowest BCUT2D eigenvalue weighted by Gasteiger charge is -2.23. The Kier molecular flexibility index (Phi) is 6.19. The molecular formula is C17H25ClO3. The van der Waals surface area contributed by atoms with Crippen LogP contribution < -0.4 is 9.47 Å². The first kappa shape index (κ1) is 16.4. The molecule has 0 bridgehead atoms. The minimum absolute atomic E-state index is 0.500. The molecule has 1 aliphatic rings. The van der Waals surface area contributed by atoms with Crippen molar-refractivity contribution in [2.24, 2.45) is 5.92 Å². The summed E-state index contributed by atoms with van der Waals surface area (Å²) >= 11 is 6.23. The number of halogens is 1. The van der Waals surface area contributed by atoms with Gasteiger partial charge in [-0.2, -0.15) is 0 Å². The molecule has 21 heavy (non-hydrogen) atoms. The zero-order valence-corrected chi connectivity index (χ0v) is 13.7. The van der Waals surface area contributed by atoms with Crippen LogP contribution in [-0.2, 0) is 0 Å². The van der Waals surface area contributed by atoms with Crippen LogP contribution in [0.1, 0.15) is 57.6 Å². The Morgan fingerprint density at radius 1 is 1.24 bits per heavy atom. The Labute approximate surface area is 132 Å². The second-order valence-corrected chi connectivity index (χ2v) is 6.10. The summed E-state index contributed by atoms with van der Waals surface area (Å²) in [5.74, 6) is 1.79. The molecule has 1 heterocycles. The van der Waals surface area contributed by atoms with Gasteiger partial charge >= 0.3 is 0 Å². The van der Waals surface area contributed by atoms with E-state index >= 15 is 0 Å². The van der Waals surface area contributed by atoms with Gasteiger partial charge in [-0.15, -0.1) is 0 Å². The fraction of sp³-hybridized carbons (Fsp3) is 0.647. The van der Waals surface area contributed by atoms with Crippen LogP contribution >= 0.6 is 11.6 Å². The van der Waals surface area contributed by atoms with Crippen LogP contribution in [0.2, 0.25) is 5.02 Å². The van der Waals surface area contributed by atoms with E-state index in [1.807, 2.05) is 6.07 Å². The highest BCUT2D eigenvalue weighted by Gasteiger charge is 2.21. The molecule has 0 radical (unpaired) electrons. The number of rotatable bonds is 7. The minimum atomic E-state index is -0.500. The lowest BCUT2D eigenvalue weighted by Crippen LogP contribution is -2.16. The van der Waals surface area contributed by atoms with Gasteiger partial charge in [-0.3, -0.25) is 0 Å². The van der Waals surface area contributed by atoms with E-state index in [0.717, 1.165) is 18.4 Å². The molecule has 0 saturated heterocycles. The van der Waals surface area contributed by atoms with Crippen LogP contribution in [-0.4, -0.2) is 18.3 Å². The maximum atomic E-state index is 10.5. The zero-order valence-electron chi connectivity index (χ0n) is 12.9. The lowest BCUT2D eigenvalue weighted by atomic mass is 9.90. The highest BCUT2D eigenvalue weighted by atomic mass is 35.5. The van der Waals surface area contributed by atoms with Crippen LogP contribution in [0.5, 0.6) is 11.5 Å². The zero-order chi connectivity index (χ0) is 15.2. The molecule has 1 aliphatic heterocycles. The second kappa shape index (κ2) is 7.90. The van der Waals surface area contributed by atoms with Gasteiger partial charge in [0.05, 0.1) is 11.1 Å². The highest BCUT2D eigenvalue weighted by molar-refractivity contribution is 6.32. The second-order valence-electron chi connectivity index (χ2n) is 5.69. The van der Waals surface area contributed by atoms with Gasteiger partial charge < -0.3 is 14.6 Å². The first-order valence-electron chi connectivity index (χ1n) is 7.92. The van der Waals surface area contributed by atoms with Crippen molar-refractivity contribution in [2.45, 2.75) is 52.1 Å². The van der Waals surface area contributed by atoms with Crippen LogP contribution in [0.25, 0.3) is 0 Å². The quantitative estimate of drug-likeness (QED) is 0.789. The van der Waals surface area contributed by atoms with E-state index in [1.54, 1.807) is 6.07 Å². The van der Waals surface area contributed by atoms with Crippen molar-refractivity contribution in [2.75, 3.05) is 13.2 Å². The summed E-state index contributed by atoms with van der Waals surface area (Å²) in [5.41, 5.74) is 0.819. The average Bonchev–Trinajstić information content (AvgIpc) is 2.51. The van der Waals surface area contributed by atoms with E-state index in [-0.39, 0.29) is 0 Å². The molecule has 2 rings (SSSR count). The van der Waals surface area contributed by atoms with Gasteiger partial charge in [-0.25, -0.2) is 0 Å². The fourth-order valence-corrected chi connectivity index (χ4v) is 3.03. The molecule has 0 aliphatic carbocycles. The summed E-state index contributed by atoms with van der Waals surface area (Å²) in [7, 11) is 0. The standard InChI is InChI=1S/C17H25ClO3/c1-3-5-6-12(4-2)9-15(19)13-10-14(18)17-16(11-13)20-7-8-21-17/h10-12,15,19H,3-9H2,1-2H3. The highest BCUT2D eigenvalue weighted by Crippen LogP contribution is 2.40. The Morgan fingerprint density at radius 2 is 2.00 bits per heavy atom. The van der Waals surface area contributed by atoms with Gasteiger partial charge in [0.1, 0.15) is 13.2 Å². The molecule has 0 fully saturated rings. The molecule has 3 nitrogen and oxygen atoms in total. The lowest BCUT2D eigenvalue weighted by molar-refractivity contribution is 0.136. The molecule has 2 unspecified atom stereocenters. The van der Waals surface area contributed by atoms with Gasteiger partial charge in [-0.1, -0.05) is 51.1 Å². The van der Waals surface area contributed by atoms with Gasteiger partial charge in [0.2, 0.25) is 0 Å². The first-order chi connectivity index (χ1) is 10.2. The normalized spacial score (nSPS) is 16.6. The number of hydrogen-bond donors (Lipinski definition) is 1. The monoisotopic (exact) mass is 312 g/mol. The van der Waals surface area contributed by atoms with Gasteiger partial charge in [0.15, 0.2) is 11.5 Å². The van der Waals surface area contributed by atoms with Crippen molar-refractivity contribution in [1.82, 2.24) is 0 Å². The Hall–Kier alpha value is -0.930. The van der Waals surface area contributed by atoms with Crippen LogP contribution in [0.3, 0.4) is 0 Å². The van der Waals surface area contributed by atoms with Crippen LogP contribution in [0.4, 0.5) is 0 Å². The van der Waals surface area contributed by atoms with Crippen LogP contribution in [0, 0.1) is 5.92 Å². The topological polar surface area (TPSA) is 38.7 Å². The molecule has 1 N–H and O–H groups in total. The molecule has 1 aromatic carbocycles. The number of benzene rings is 1. The molecular weight excluding hydrogens is 288 g/mol. The Bertz CT molecular complexity index is 462. The Balaban J connectivity index is 2.08. The summed E-state index contributed by atoms with van der Waals surface area (Å²) in [6.45, 7) is 5.42. The van der Waals surface area contributed by atoms with Crippen molar-refractivity contribution in [1.29, 1.82) is 0 Å². The molecule has 1 aromatic rings. The van der Waals surface area contributed by atoms with Crippen molar-refractivity contribution >= 4 is 11.6 Å². The molecule has 118 valence electrons. The maximum absolute atomic E-state index is 10.5. The summed E-state index contributed by atoms with van der Waals surface area (Å²) in [4.78, 5) is 0. The summed E-state index contributed by atoms with van der Waals surface area (Å²) in [6, 6.07) is 3.66. The van der Waals surface area contributed by atoms with Crippen molar-refractivity contribution in [3.63, 3.8) is 0 Å². The number of hydrogen-bond acceptors (Lipinski definition) is 3. The Morgan fingerprint density at radius 3 is 2.71 bits per heavy atom. The first-order valence-corrected chi connectivity index (χ1v) is 8.30.